The maximum Gasteiger partial charge on any atom is 0.164 e. The van der Waals surface area contributed by atoms with E-state index in [1.807, 2.05) is 0 Å². The number of hydrogen-bond acceptors (Lipinski definition) is 3. The van der Waals surface area contributed by atoms with Crippen LogP contribution in [0.25, 0.3) is 0 Å². The molecule has 1 aliphatic heterocycles. The van der Waals surface area contributed by atoms with Crippen molar-refractivity contribution in [3.63, 3.8) is 0 Å². The molecule has 82 valence electrons. The van der Waals surface area contributed by atoms with Crippen molar-refractivity contribution in [1.82, 2.24) is 0 Å². The van der Waals surface area contributed by atoms with Gasteiger partial charge in [0.15, 0.2) is 6.29 Å². The molecule has 14 heavy (non-hydrogen) atoms. The van der Waals surface area contributed by atoms with Crippen molar-refractivity contribution in [2.24, 2.45) is 5.92 Å². The molecular weight excluding hydrogens is 180 g/mol. The zero-order chi connectivity index (χ0) is 10.4. The largest absolute Gasteiger partial charge is 0.350 e. The Morgan fingerprint density at radius 3 is 2.57 bits per heavy atom. The second kappa shape index (κ2) is 6.14. The number of hydrogen-bond donors (Lipinski definition) is 0. The van der Waals surface area contributed by atoms with Gasteiger partial charge in [-0.25, -0.2) is 0 Å². The smallest absolute Gasteiger partial charge is 0.164 e. The average Bonchev–Trinajstić information content (AvgIpc) is 2.56. The van der Waals surface area contributed by atoms with Gasteiger partial charge in [0.2, 0.25) is 0 Å². The van der Waals surface area contributed by atoms with Crippen LogP contribution >= 0.6 is 0 Å². The molecule has 0 atom stereocenters. The zero-order valence-electron chi connectivity index (χ0n) is 9.12. The lowest BCUT2D eigenvalue weighted by atomic mass is 10.0. The summed E-state index contributed by atoms with van der Waals surface area (Å²) in [7, 11) is 0. The third-order valence-corrected chi connectivity index (χ3v) is 2.32. The Morgan fingerprint density at radius 2 is 2.00 bits per heavy atom. The quantitative estimate of drug-likeness (QED) is 0.659. The third kappa shape index (κ3) is 4.72. The van der Waals surface area contributed by atoms with Gasteiger partial charge in [-0.2, -0.15) is 0 Å². The van der Waals surface area contributed by atoms with Crippen LogP contribution in [0.2, 0.25) is 0 Å². The lowest BCUT2D eigenvalue weighted by molar-refractivity contribution is -0.127. The molecule has 1 heterocycles. The third-order valence-electron chi connectivity index (χ3n) is 2.32. The number of ether oxygens (including phenoxy) is 2. The SMILES string of the molecule is CC(C)CCCC(=O)CC1OCCO1. The summed E-state index contributed by atoms with van der Waals surface area (Å²) in [5.41, 5.74) is 0. The van der Waals surface area contributed by atoms with Crippen molar-refractivity contribution in [1.29, 1.82) is 0 Å². The molecule has 0 spiro atoms. The van der Waals surface area contributed by atoms with Crippen LogP contribution in [-0.2, 0) is 14.3 Å². The first kappa shape index (κ1) is 11.7. The van der Waals surface area contributed by atoms with Gasteiger partial charge >= 0.3 is 0 Å². The lowest BCUT2D eigenvalue weighted by Crippen LogP contribution is -2.14. The van der Waals surface area contributed by atoms with E-state index in [1.165, 1.54) is 0 Å². The zero-order valence-corrected chi connectivity index (χ0v) is 9.12. The van der Waals surface area contributed by atoms with Gasteiger partial charge in [0.25, 0.3) is 0 Å². The van der Waals surface area contributed by atoms with E-state index < -0.39 is 0 Å². The monoisotopic (exact) mass is 200 g/mol. The molecule has 3 nitrogen and oxygen atoms in total. The van der Waals surface area contributed by atoms with Crippen LogP contribution in [0.1, 0.15) is 39.5 Å². The summed E-state index contributed by atoms with van der Waals surface area (Å²) in [5, 5.41) is 0. The molecule has 0 aromatic carbocycles. The van der Waals surface area contributed by atoms with Gasteiger partial charge in [-0.15, -0.1) is 0 Å². The summed E-state index contributed by atoms with van der Waals surface area (Å²) in [4.78, 5) is 11.4. The van der Waals surface area contributed by atoms with E-state index >= 15 is 0 Å². The summed E-state index contributed by atoms with van der Waals surface area (Å²) >= 11 is 0. The Labute approximate surface area is 85.8 Å². The van der Waals surface area contributed by atoms with Crippen molar-refractivity contribution in [3.8, 4) is 0 Å². The predicted octanol–water partition coefficient (Wildman–Crippen LogP) is 2.14. The van der Waals surface area contributed by atoms with E-state index in [1.54, 1.807) is 0 Å². The number of Topliss-reactive ketones (excluding diaryl/α,β-unsaturated/α-hetero) is 1. The molecule has 0 bridgehead atoms. The fourth-order valence-corrected chi connectivity index (χ4v) is 1.52. The molecule has 0 amide bonds. The minimum atomic E-state index is -0.262. The fourth-order valence-electron chi connectivity index (χ4n) is 1.52. The first-order chi connectivity index (χ1) is 6.68. The lowest BCUT2D eigenvalue weighted by Gasteiger charge is -2.08. The Balaban J connectivity index is 2.03. The Hall–Kier alpha value is -0.410. The second-order valence-electron chi connectivity index (χ2n) is 4.20. The summed E-state index contributed by atoms with van der Waals surface area (Å²) in [6.07, 6.45) is 2.95. The summed E-state index contributed by atoms with van der Waals surface area (Å²) < 4.78 is 10.4. The first-order valence-corrected chi connectivity index (χ1v) is 5.43. The predicted molar refractivity (Wildman–Crippen MR) is 54.0 cm³/mol. The van der Waals surface area contributed by atoms with Crippen LogP contribution in [0.3, 0.4) is 0 Å². The molecule has 1 aliphatic rings. The molecule has 3 heteroatoms. The maximum absolute atomic E-state index is 11.4. The average molecular weight is 200 g/mol. The molecule has 1 saturated heterocycles. The van der Waals surface area contributed by atoms with E-state index in [9.17, 15) is 4.79 Å². The number of carbonyl (C=O) groups is 1. The van der Waals surface area contributed by atoms with E-state index in [2.05, 4.69) is 13.8 Å². The van der Waals surface area contributed by atoms with E-state index in [4.69, 9.17) is 9.47 Å². The van der Waals surface area contributed by atoms with Crippen LogP contribution < -0.4 is 0 Å². The van der Waals surface area contributed by atoms with Crippen LogP contribution in [-0.4, -0.2) is 25.3 Å². The Kier molecular flexibility index (Phi) is 5.12. The standard InChI is InChI=1S/C11H20O3/c1-9(2)4-3-5-10(12)8-11-13-6-7-14-11/h9,11H,3-8H2,1-2H3. The molecule has 0 saturated carbocycles. The van der Waals surface area contributed by atoms with Gasteiger partial charge in [0.05, 0.1) is 19.6 Å². The second-order valence-corrected chi connectivity index (χ2v) is 4.20. The van der Waals surface area contributed by atoms with Crippen molar-refractivity contribution < 1.29 is 14.3 Å². The Morgan fingerprint density at radius 1 is 1.36 bits per heavy atom. The molecule has 0 unspecified atom stereocenters. The van der Waals surface area contributed by atoms with Gasteiger partial charge in [0, 0.05) is 6.42 Å². The Bertz CT molecular complexity index is 171. The minimum absolute atomic E-state index is 0.262. The van der Waals surface area contributed by atoms with Crippen LogP contribution in [0, 0.1) is 5.92 Å². The number of carbonyl (C=O) groups excluding carboxylic acids is 1. The van der Waals surface area contributed by atoms with Crippen molar-refractivity contribution >= 4 is 5.78 Å². The highest BCUT2D eigenvalue weighted by Gasteiger charge is 2.19. The molecule has 0 aromatic rings. The van der Waals surface area contributed by atoms with Gasteiger partial charge in [0.1, 0.15) is 5.78 Å². The minimum Gasteiger partial charge on any atom is -0.350 e. The molecule has 0 aliphatic carbocycles. The highest BCUT2D eigenvalue weighted by atomic mass is 16.7. The van der Waals surface area contributed by atoms with Gasteiger partial charge in [-0.1, -0.05) is 20.3 Å². The number of rotatable bonds is 6. The van der Waals surface area contributed by atoms with Crippen LogP contribution in [0.4, 0.5) is 0 Å². The molecule has 0 aromatic heterocycles. The summed E-state index contributed by atoms with van der Waals surface area (Å²) in [6.45, 7) is 5.61. The normalized spacial score (nSPS) is 17.9. The highest BCUT2D eigenvalue weighted by Crippen LogP contribution is 2.12. The van der Waals surface area contributed by atoms with E-state index in [0.717, 1.165) is 12.8 Å². The van der Waals surface area contributed by atoms with Gasteiger partial charge in [-0.3, -0.25) is 4.79 Å². The van der Waals surface area contributed by atoms with Crippen molar-refractivity contribution in [2.45, 2.75) is 45.8 Å². The maximum atomic E-state index is 11.4. The molecule has 1 rings (SSSR count). The van der Waals surface area contributed by atoms with Crippen molar-refractivity contribution in [3.05, 3.63) is 0 Å². The van der Waals surface area contributed by atoms with Gasteiger partial charge < -0.3 is 9.47 Å². The molecular formula is C11H20O3. The topological polar surface area (TPSA) is 35.5 Å². The molecule has 0 radical (unpaired) electrons. The van der Waals surface area contributed by atoms with Gasteiger partial charge in [-0.05, 0) is 12.3 Å². The first-order valence-electron chi connectivity index (χ1n) is 5.43. The number of ketones is 1. The fraction of sp³-hybridized carbons (Fsp3) is 0.909. The molecule has 0 N–H and O–H groups in total. The van der Waals surface area contributed by atoms with E-state index in [-0.39, 0.29) is 12.1 Å². The van der Waals surface area contributed by atoms with Crippen LogP contribution in [0.15, 0.2) is 0 Å². The summed E-state index contributed by atoms with van der Waals surface area (Å²) in [6, 6.07) is 0. The van der Waals surface area contributed by atoms with Crippen LogP contribution in [0.5, 0.6) is 0 Å². The highest BCUT2D eigenvalue weighted by molar-refractivity contribution is 5.78. The van der Waals surface area contributed by atoms with Crippen molar-refractivity contribution in [2.75, 3.05) is 13.2 Å². The summed E-state index contributed by atoms with van der Waals surface area (Å²) in [5.74, 6) is 0.944. The molecule has 1 fully saturated rings. The van der Waals surface area contributed by atoms with E-state index in [0.29, 0.717) is 32.0 Å².